The van der Waals surface area contributed by atoms with Gasteiger partial charge in [-0.25, -0.2) is 0 Å². The fraction of sp³-hybridized carbons (Fsp3) is 0.375. The van der Waals surface area contributed by atoms with Gasteiger partial charge in [0, 0.05) is 12.5 Å². The molecule has 2 aromatic rings. The SMILES string of the molecule is NC(=O)c1onc(C2CCN(Cc3ccccc3)CC2)c1[N+](=O)[O-]. The number of piperidine rings is 1. The molecule has 0 aliphatic carbocycles. The molecule has 3 rings (SSSR count). The van der Waals surface area contributed by atoms with Crippen LogP contribution >= 0.6 is 0 Å². The molecule has 126 valence electrons. The molecule has 24 heavy (non-hydrogen) atoms. The van der Waals surface area contributed by atoms with Gasteiger partial charge in [0.1, 0.15) is 0 Å². The molecule has 0 spiro atoms. The monoisotopic (exact) mass is 330 g/mol. The molecule has 0 atom stereocenters. The van der Waals surface area contributed by atoms with Crippen LogP contribution in [0.5, 0.6) is 0 Å². The summed E-state index contributed by atoms with van der Waals surface area (Å²) >= 11 is 0. The Kier molecular flexibility index (Phi) is 4.57. The van der Waals surface area contributed by atoms with Crippen molar-refractivity contribution in [3.05, 3.63) is 57.5 Å². The summed E-state index contributed by atoms with van der Waals surface area (Å²) in [4.78, 5) is 24.2. The number of likely N-dealkylation sites (tertiary alicyclic amines) is 1. The van der Waals surface area contributed by atoms with Crippen LogP contribution in [0.1, 0.15) is 40.6 Å². The van der Waals surface area contributed by atoms with Crippen molar-refractivity contribution in [1.82, 2.24) is 10.1 Å². The van der Waals surface area contributed by atoms with Crippen LogP contribution in [0, 0.1) is 10.1 Å². The van der Waals surface area contributed by atoms with Crippen LogP contribution in [0.3, 0.4) is 0 Å². The maximum absolute atomic E-state index is 11.3. The van der Waals surface area contributed by atoms with Crippen molar-refractivity contribution in [3.63, 3.8) is 0 Å². The highest BCUT2D eigenvalue weighted by Crippen LogP contribution is 2.35. The van der Waals surface area contributed by atoms with Gasteiger partial charge in [-0.3, -0.25) is 19.8 Å². The average molecular weight is 330 g/mol. The molecule has 1 aromatic heterocycles. The summed E-state index contributed by atoms with van der Waals surface area (Å²) in [6, 6.07) is 10.1. The Morgan fingerprint density at radius 1 is 1.33 bits per heavy atom. The Bertz CT molecular complexity index is 736. The van der Waals surface area contributed by atoms with E-state index in [4.69, 9.17) is 10.3 Å². The fourth-order valence-electron chi connectivity index (χ4n) is 3.11. The second kappa shape index (κ2) is 6.79. The van der Waals surface area contributed by atoms with Gasteiger partial charge in [0.05, 0.1) is 4.92 Å². The molecule has 1 aliphatic rings. The zero-order valence-electron chi connectivity index (χ0n) is 13.1. The highest BCUT2D eigenvalue weighted by atomic mass is 16.6. The molecule has 8 heteroatoms. The first kappa shape index (κ1) is 16.1. The number of hydrogen-bond donors (Lipinski definition) is 1. The van der Waals surface area contributed by atoms with Gasteiger partial charge in [-0.2, -0.15) is 0 Å². The zero-order chi connectivity index (χ0) is 17.1. The van der Waals surface area contributed by atoms with Gasteiger partial charge < -0.3 is 10.3 Å². The number of primary amides is 1. The molecule has 1 fully saturated rings. The minimum absolute atomic E-state index is 0.103. The molecule has 1 aliphatic heterocycles. The largest absolute Gasteiger partial charge is 0.363 e. The summed E-state index contributed by atoms with van der Waals surface area (Å²) < 4.78 is 4.81. The molecule has 2 N–H and O–H groups in total. The van der Waals surface area contributed by atoms with Crippen LogP contribution in [0.2, 0.25) is 0 Å². The number of rotatable bonds is 5. The molecule has 0 bridgehead atoms. The molecule has 8 nitrogen and oxygen atoms in total. The van der Waals surface area contributed by atoms with E-state index < -0.39 is 16.6 Å². The number of benzene rings is 1. The van der Waals surface area contributed by atoms with Crippen molar-refractivity contribution in [2.75, 3.05) is 13.1 Å². The first-order valence-electron chi connectivity index (χ1n) is 7.76. The summed E-state index contributed by atoms with van der Waals surface area (Å²) in [5, 5.41) is 15.0. The zero-order valence-corrected chi connectivity index (χ0v) is 13.1. The van der Waals surface area contributed by atoms with Crippen molar-refractivity contribution < 1.29 is 14.2 Å². The number of nitro groups is 1. The van der Waals surface area contributed by atoms with Gasteiger partial charge in [-0.15, -0.1) is 0 Å². The number of carbonyl (C=O) groups is 1. The Morgan fingerprint density at radius 2 is 2.00 bits per heavy atom. The third-order valence-corrected chi connectivity index (χ3v) is 4.32. The standard InChI is InChI=1S/C16H18N4O4/c17-16(21)15-14(20(22)23)13(18-24-15)12-6-8-19(9-7-12)10-11-4-2-1-3-5-11/h1-5,12H,6-10H2,(H2,17,21). The lowest BCUT2D eigenvalue weighted by molar-refractivity contribution is -0.386. The number of hydrogen-bond acceptors (Lipinski definition) is 6. The van der Waals surface area contributed by atoms with Crippen molar-refractivity contribution >= 4 is 11.6 Å². The molecule has 1 saturated heterocycles. The van der Waals surface area contributed by atoms with Crippen molar-refractivity contribution in [2.24, 2.45) is 5.73 Å². The van der Waals surface area contributed by atoms with Crippen molar-refractivity contribution in [1.29, 1.82) is 0 Å². The van der Waals surface area contributed by atoms with Crippen molar-refractivity contribution in [2.45, 2.75) is 25.3 Å². The first-order valence-corrected chi connectivity index (χ1v) is 7.76. The van der Waals surface area contributed by atoms with Gasteiger partial charge in [-0.1, -0.05) is 35.5 Å². The summed E-state index contributed by atoms with van der Waals surface area (Å²) in [6.45, 7) is 2.45. The predicted octanol–water partition coefficient (Wildman–Crippen LogP) is 2.06. The molecular formula is C16H18N4O4. The van der Waals surface area contributed by atoms with E-state index in [1.807, 2.05) is 18.2 Å². The van der Waals surface area contributed by atoms with E-state index in [1.54, 1.807) is 0 Å². The van der Waals surface area contributed by atoms with Crippen LogP contribution in [0.4, 0.5) is 5.69 Å². The van der Waals surface area contributed by atoms with Crippen LogP contribution in [-0.2, 0) is 6.54 Å². The van der Waals surface area contributed by atoms with Crippen LogP contribution in [-0.4, -0.2) is 34.0 Å². The van der Waals surface area contributed by atoms with Gasteiger partial charge in [0.2, 0.25) is 0 Å². The highest BCUT2D eigenvalue weighted by Gasteiger charge is 2.36. The minimum atomic E-state index is -0.970. The predicted molar refractivity (Wildman–Crippen MR) is 85.4 cm³/mol. The summed E-state index contributed by atoms with van der Waals surface area (Å²) in [6.07, 6.45) is 1.44. The Morgan fingerprint density at radius 3 is 2.58 bits per heavy atom. The van der Waals surface area contributed by atoms with Gasteiger partial charge in [0.25, 0.3) is 5.91 Å². The van der Waals surface area contributed by atoms with E-state index in [-0.39, 0.29) is 17.3 Å². The van der Waals surface area contributed by atoms with E-state index >= 15 is 0 Å². The van der Waals surface area contributed by atoms with Crippen LogP contribution < -0.4 is 5.73 Å². The van der Waals surface area contributed by atoms with E-state index in [0.29, 0.717) is 0 Å². The summed E-state index contributed by atoms with van der Waals surface area (Å²) in [7, 11) is 0. The van der Waals surface area contributed by atoms with Gasteiger partial charge in [-0.05, 0) is 31.5 Å². The fourth-order valence-corrected chi connectivity index (χ4v) is 3.11. The molecule has 0 radical (unpaired) electrons. The second-order valence-corrected chi connectivity index (χ2v) is 5.90. The average Bonchev–Trinajstić information content (AvgIpc) is 3.02. The van der Waals surface area contributed by atoms with E-state index in [9.17, 15) is 14.9 Å². The van der Waals surface area contributed by atoms with Crippen LogP contribution in [0.15, 0.2) is 34.9 Å². The van der Waals surface area contributed by atoms with E-state index in [0.717, 1.165) is 32.5 Å². The Balaban J connectivity index is 1.69. The molecular weight excluding hydrogens is 312 g/mol. The molecule has 1 aromatic carbocycles. The second-order valence-electron chi connectivity index (χ2n) is 5.90. The third-order valence-electron chi connectivity index (χ3n) is 4.32. The molecule has 1 amide bonds. The van der Waals surface area contributed by atoms with Gasteiger partial charge in [0.15, 0.2) is 5.69 Å². The minimum Gasteiger partial charge on any atom is -0.363 e. The van der Waals surface area contributed by atoms with Gasteiger partial charge >= 0.3 is 11.4 Å². The lowest BCUT2D eigenvalue weighted by Gasteiger charge is -2.30. The quantitative estimate of drug-likeness (QED) is 0.662. The first-order chi connectivity index (χ1) is 11.6. The number of carbonyl (C=O) groups excluding carboxylic acids is 1. The summed E-state index contributed by atoms with van der Waals surface area (Å²) in [5.41, 5.74) is 6.20. The smallest absolute Gasteiger partial charge is 0.345 e. The Labute approximate surface area is 138 Å². The molecule has 0 unspecified atom stereocenters. The topological polar surface area (TPSA) is 116 Å². The number of amides is 1. The highest BCUT2D eigenvalue weighted by molar-refractivity contribution is 5.94. The summed E-state index contributed by atoms with van der Waals surface area (Å²) in [5.74, 6) is -1.54. The van der Waals surface area contributed by atoms with E-state index in [2.05, 4.69) is 22.2 Å². The van der Waals surface area contributed by atoms with Crippen molar-refractivity contribution in [3.8, 4) is 0 Å². The lowest BCUT2D eigenvalue weighted by atomic mass is 9.92. The molecule has 0 saturated carbocycles. The van der Waals surface area contributed by atoms with Crippen LogP contribution in [0.25, 0.3) is 0 Å². The number of nitrogens with two attached hydrogens (primary N) is 1. The maximum Gasteiger partial charge on any atom is 0.345 e. The normalized spacial score (nSPS) is 16.2. The number of aromatic nitrogens is 1. The van der Waals surface area contributed by atoms with E-state index in [1.165, 1.54) is 5.56 Å². The Hall–Kier alpha value is -2.74. The maximum atomic E-state index is 11.3. The molecule has 2 heterocycles. The third kappa shape index (κ3) is 3.28. The lowest BCUT2D eigenvalue weighted by Crippen LogP contribution is -2.32. The number of nitrogens with zero attached hydrogens (tertiary/aromatic N) is 3.